The maximum absolute atomic E-state index is 13.5. The molecule has 0 unspecified atom stereocenters. The van der Waals surface area contributed by atoms with E-state index >= 15 is 0 Å². The number of nitrogens with one attached hydrogen (secondary N) is 3. The van der Waals surface area contributed by atoms with Gasteiger partial charge in [0.1, 0.15) is 97.4 Å². The third-order valence-corrected chi connectivity index (χ3v) is 19.4. The minimum atomic E-state index is -3.51. The van der Waals surface area contributed by atoms with Gasteiger partial charge in [-0.05, 0) is 19.3 Å². The van der Waals surface area contributed by atoms with Crippen molar-refractivity contribution in [3.05, 3.63) is 12.2 Å². The Hall–Kier alpha value is -3.79. The normalized spacial score (nSPS) is 31.7. The number of unbranched alkanes of at least 4 members (excludes halogenated alkanes) is 25. The minimum absolute atomic E-state index is 0.150. The zero-order valence-corrected chi connectivity index (χ0v) is 60.0. The number of amides is 3. The average molecular weight is 1470 g/mol. The van der Waals surface area contributed by atoms with Crippen molar-refractivity contribution >= 4 is 29.7 Å². The number of rotatable bonds is 52. The van der Waals surface area contributed by atoms with Gasteiger partial charge in [0.25, 0.3) is 0 Å². The number of aliphatic carboxylic acids is 2. The molecular weight excluding hydrogens is 1350 g/mol. The Morgan fingerprint density at radius 1 is 0.539 bits per heavy atom. The maximum Gasteiger partial charge on any atom is 0.220 e. The first-order valence-electron chi connectivity index (χ1n) is 37.2. The number of hydrogen-bond acceptors (Lipinski definition) is 29. The van der Waals surface area contributed by atoms with Gasteiger partial charge in [0, 0.05) is 33.1 Å². The second-order valence-electron chi connectivity index (χ2n) is 27.9. The Balaban J connectivity index is 1.50. The largest absolute Gasteiger partial charge is 0.544 e. The summed E-state index contributed by atoms with van der Waals surface area (Å²) in [6.07, 6.45) is -9.25. The number of carboxylic acids is 2. The third-order valence-electron chi connectivity index (χ3n) is 19.4. The lowest BCUT2D eigenvalue weighted by molar-refractivity contribution is -0.415. The number of carbonyl (C=O) groups excluding carboxylic acids is 5. The number of aliphatic hydroxyl groups excluding tert-OH is 14. The summed E-state index contributed by atoms with van der Waals surface area (Å²) in [6.45, 7) is 0.955. The topological polar surface area (TPSA) is 525 Å². The van der Waals surface area contributed by atoms with E-state index in [1.165, 1.54) is 109 Å². The molecule has 594 valence electrons. The molecule has 0 spiro atoms. The molecule has 32 heteroatoms. The fourth-order valence-electron chi connectivity index (χ4n) is 13.5. The zero-order valence-electron chi connectivity index (χ0n) is 60.0. The minimum Gasteiger partial charge on any atom is -0.544 e. The van der Waals surface area contributed by atoms with Crippen LogP contribution in [0.15, 0.2) is 12.2 Å². The van der Waals surface area contributed by atoms with E-state index in [1.54, 1.807) is 6.08 Å². The second kappa shape index (κ2) is 47.8. The summed E-state index contributed by atoms with van der Waals surface area (Å²) in [4.78, 5) is 64.7. The van der Waals surface area contributed by atoms with Gasteiger partial charge in [0.2, 0.25) is 29.3 Å². The molecule has 4 heterocycles. The fourth-order valence-corrected chi connectivity index (χ4v) is 13.5. The Morgan fingerprint density at radius 2 is 0.990 bits per heavy atom. The molecule has 4 aliphatic rings. The van der Waals surface area contributed by atoms with Gasteiger partial charge in [-0.25, -0.2) is 0 Å². The van der Waals surface area contributed by atoms with Gasteiger partial charge in [-0.1, -0.05) is 180 Å². The Bertz CT molecular complexity index is 2410. The van der Waals surface area contributed by atoms with Gasteiger partial charge in [-0.15, -0.1) is 0 Å². The lowest BCUT2D eigenvalue weighted by Gasteiger charge is -2.53. The van der Waals surface area contributed by atoms with Crippen molar-refractivity contribution in [2.45, 2.75) is 366 Å². The first kappa shape index (κ1) is 90.6. The van der Waals surface area contributed by atoms with E-state index in [0.29, 0.717) is 12.8 Å². The molecule has 102 heavy (non-hydrogen) atoms. The van der Waals surface area contributed by atoms with Crippen LogP contribution in [0, 0.1) is 0 Å². The number of hydrogen-bond donors (Lipinski definition) is 17. The van der Waals surface area contributed by atoms with Crippen molar-refractivity contribution in [2.24, 2.45) is 0 Å². The highest BCUT2D eigenvalue weighted by Crippen LogP contribution is 2.41. The van der Waals surface area contributed by atoms with Gasteiger partial charge >= 0.3 is 0 Å². The molecule has 4 fully saturated rings. The number of allylic oxidation sites excluding steroid dienone is 1. The van der Waals surface area contributed by atoms with Crippen LogP contribution >= 0.6 is 0 Å². The standard InChI is InChI=1S/C70H125N3O29/c1-5-7-9-11-13-15-17-19-20-22-24-26-28-30-32-34-52(84)73-44(45(80)33-31-29-27-25-23-21-18-16-14-12-10-8-6-2)41-95-65-59(89)58(88)61(51(40-77)97-65)98-66-60(90)64(56(86)49(38-75)96-66)102-70(68(93)94)36-47(82)54(72-43(4)79)63(101-70)57(87)50(39-76)99-69(67(91)92)35-46(81)53(71-42(3)78)62(100-69)55(85)48(83)37-74/h31,33,44-51,53-66,74-77,80-83,85-90H,5-30,32,34-41H2,1-4H3,(H,71,78)(H,72,79)(H,73,84)(H,91,92)(H,93,94)/p-2/b33-31+/t44-,45+,46-,47-,48+,49+,50+,51+,53+,54+,55+,56-,57+,58+,59+,60+,61+,62+,63+,64-,65+,66-,69+,70-/m0/s1. The monoisotopic (exact) mass is 1470 g/mol. The molecule has 0 aliphatic carbocycles. The van der Waals surface area contributed by atoms with E-state index < -0.39 is 216 Å². The van der Waals surface area contributed by atoms with Crippen LogP contribution in [0.4, 0.5) is 0 Å². The molecule has 0 aromatic rings. The van der Waals surface area contributed by atoms with E-state index in [2.05, 4.69) is 29.8 Å². The van der Waals surface area contributed by atoms with Crippen LogP contribution in [-0.4, -0.2) is 280 Å². The summed E-state index contributed by atoms with van der Waals surface area (Å²) in [6, 6.07) is -4.81. The number of carbonyl (C=O) groups is 5. The number of aliphatic hydroxyl groups is 14. The first-order chi connectivity index (χ1) is 48.7. The first-order valence-corrected chi connectivity index (χ1v) is 37.2. The molecule has 0 saturated carbocycles. The van der Waals surface area contributed by atoms with Crippen LogP contribution in [0.5, 0.6) is 0 Å². The van der Waals surface area contributed by atoms with Gasteiger partial charge in [-0.3, -0.25) is 14.4 Å². The van der Waals surface area contributed by atoms with Crippen LogP contribution in [-0.2, 0) is 61.9 Å². The Morgan fingerprint density at radius 3 is 1.45 bits per heavy atom. The van der Waals surface area contributed by atoms with E-state index in [-0.39, 0.29) is 12.3 Å². The lowest BCUT2D eigenvalue weighted by Crippen LogP contribution is -2.73. The molecule has 4 rings (SSSR count). The van der Waals surface area contributed by atoms with E-state index in [1.807, 2.05) is 6.08 Å². The van der Waals surface area contributed by atoms with Crippen molar-refractivity contribution in [3.63, 3.8) is 0 Å². The molecule has 0 bridgehead atoms. The van der Waals surface area contributed by atoms with Crippen molar-refractivity contribution in [3.8, 4) is 0 Å². The van der Waals surface area contributed by atoms with Crippen molar-refractivity contribution in [1.29, 1.82) is 0 Å². The highest BCUT2D eigenvalue weighted by molar-refractivity contribution is 5.77. The Kier molecular flexibility index (Phi) is 42.5. The van der Waals surface area contributed by atoms with Crippen LogP contribution in [0.25, 0.3) is 0 Å². The van der Waals surface area contributed by atoms with E-state index in [0.717, 1.165) is 65.2 Å². The van der Waals surface area contributed by atoms with E-state index in [4.69, 9.17) is 37.9 Å². The summed E-state index contributed by atoms with van der Waals surface area (Å²) in [5.74, 6) is -13.9. The smallest absolute Gasteiger partial charge is 0.220 e. The molecule has 4 saturated heterocycles. The predicted molar refractivity (Wildman–Crippen MR) is 358 cm³/mol. The maximum atomic E-state index is 13.5. The van der Waals surface area contributed by atoms with Crippen molar-refractivity contribution in [1.82, 2.24) is 16.0 Å². The number of ether oxygens (including phenoxy) is 8. The quantitative estimate of drug-likeness (QED) is 0.0224. The van der Waals surface area contributed by atoms with Gasteiger partial charge in [-0.2, -0.15) is 0 Å². The van der Waals surface area contributed by atoms with Crippen LogP contribution in [0.2, 0.25) is 0 Å². The fraction of sp³-hybridized carbons (Fsp3) is 0.900. The molecule has 4 aliphatic heterocycles. The zero-order chi connectivity index (χ0) is 75.5. The summed E-state index contributed by atoms with van der Waals surface area (Å²) in [5.41, 5.74) is 0. The van der Waals surface area contributed by atoms with Crippen molar-refractivity contribution < 1.29 is 144 Å². The Labute approximate surface area is 598 Å². The third kappa shape index (κ3) is 28.4. The van der Waals surface area contributed by atoms with Crippen LogP contribution in [0.1, 0.15) is 220 Å². The van der Waals surface area contributed by atoms with Gasteiger partial charge in [0.05, 0.1) is 69.5 Å². The molecule has 32 nitrogen and oxygen atoms in total. The highest BCUT2D eigenvalue weighted by Gasteiger charge is 2.60. The van der Waals surface area contributed by atoms with Crippen LogP contribution in [0.3, 0.4) is 0 Å². The molecule has 0 aromatic carbocycles. The lowest BCUT2D eigenvalue weighted by atomic mass is 9.87. The molecule has 3 amide bonds. The second-order valence-corrected chi connectivity index (χ2v) is 27.9. The van der Waals surface area contributed by atoms with Crippen LogP contribution < -0.4 is 26.2 Å². The summed E-state index contributed by atoms with van der Waals surface area (Å²) < 4.78 is 46.1. The summed E-state index contributed by atoms with van der Waals surface area (Å²) >= 11 is 0. The molecule has 24 atom stereocenters. The summed E-state index contributed by atoms with van der Waals surface area (Å²) in [7, 11) is 0. The summed E-state index contributed by atoms with van der Waals surface area (Å²) in [5, 5.41) is 189. The molecule has 0 radical (unpaired) electrons. The molecule has 0 aromatic heterocycles. The average Bonchev–Trinajstić information content (AvgIpc) is 0.761. The van der Waals surface area contributed by atoms with Gasteiger partial charge < -0.3 is 145 Å². The SMILES string of the molecule is CCCCCCCCCCCCC/C=C/[C@@H](O)[C@H](CO[C@@H]1O[C@H](CO)[C@@H](O[C@@H]2O[C@H](CO)[C@H](O)[C@H](O[C@]3(C(=O)[O-])C[C@H](O)[C@@H](NC(C)=O)[C@H]([C@H](O)[C@@H](CO)O[C@]4(C(=O)[O-])C[C@H](O)[C@@H](NC(C)=O)[C@H]([C@H](O)[C@H](O)CO)O4)O3)[C@H]2O)[C@H](O)[C@H]1O)NC(=O)CCCCCCCCCCCCCCCCC. The molecular formula is C70H123N3O29-2. The van der Waals surface area contributed by atoms with Gasteiger partial charge in [0.15, 0.2) is 12.6 Å². The highest BCUT2D eigenvalue weighted by atomic mass is 16.8. The molecule has 17 N–H and O–H groups in total. The number of carboxylic acid groups (broad SMARTS) is 2. The van der Waals surface area contributed by atoms with E-state index in [9.17, 15) is 106 Å². The van der Waals surface area contributed by atoms with Crippen molar-refractivity contribution in [2.75, 3.05) is 33.0 Å². The predicted octanol–water partition coefficient (Wildman–Crippen LogP) is -2.33.